The van der Waals surface area contributed by atoms with E-state index in [-0.39, 0.29) is 0 Å². The zero-order valence-electron chi connectivity index (χ0n) is 9.95. The fraction of sp³-hybridized carbons (Fsp3) is 0.500. The molecule has 0 saturated heterocycles. The van der Waals surface area contributed by atoms with E-state index in [2.05, 4.69) is 6.92 Å². The first-order valence-electron chi connectivity index (χ1n) is 5.96. The molecule has 0 aliphatic rings. The van der Waals surface area contributed by atoms with Crippen LogP contribution in [0.5, 0.6) is 0 Å². The van der Waals surface area contributed by atoms with Gasteiger partial charge in [0.2, 0.25) is 0 Å². The van der Waals surface area contributed by atoms with Crippen LogP contribution in [0.2, 0.25) is 0 Å². The Morgan fingerprint density at radius 1 is 1.19 bits per heavy atom. The number of carbonyl (C=O) groups excluding carboxylic acids is 1. The average molecular weight is 236 g/mol. The van der Waals surface area contributed by atoms with Gasteiger partial charge in [0, 0.05) is 6.42 Å². The second-order valence-corrected chi connectivity index (χ2v) is 5.07. The molecule has 0 bridgehead atoms. The first-order chi connectivity index (χ1) is 7.83. The zero-order chi connectivity index (χ0) is 11.6. The fourth-order valence-electron chi connectivity index (χ4n) is 1.51. The molecule has 16 heavy (non-hydrogen) atoms. The SMILES string of the molecule is CCCCCSCC(=O)Cc1ccccc1. The van der Waals surface area contributed by atoms with Crippen LogP contribution in [0.25, 0.3) is 0 Å². The first kappa shape index (κ1) is 13.3. The lowest BCUT2D eigenvalue weighted by Gasteiger charge is -2.01. The Labute approximate surface area is 103 Å². The molecule has 0 atom stereocenters. The Bertz CT molecular complexity index is 295. The maximum absolute atomic E-state index is 11.6. The van der Waals surface area contributed by atoms with Gasteiger partial charge in [-0.15, -0.1) is 0 Å². The predicted octanol–water partition coefficient (Wildman–Crippen LogP) is 3.72. The number of unbranched alkanes of at least 4 members (excludes halogenated alkanes) is 2. The van der Waals surface area contributed by atoms with Gasteiger partial charge in [-0.25, -0.2) is 0 Å². The Hall–Kier alpha value is -0.760. The third-order valence-corrected chi connectivity index (χ3v) is 3.50. The third-order valence-electron chi connectivity index (χ3n) is 2.40. The van der Waals surface area contributed by atoms with Crippen LogP contribution < -0.4 is 0 Å². The lowest BCUT2D eigenvalue weighted by atomic mass is 10.1. The lowest BCUT2D eigenvalue weighted by Crippen LogP contribution is -2.06. The monoisotopic (exact) mass is 236 g/mol. The Morgan fingerprint density at radius 2 is 1.94 bits per heavy atom. The number of thioether (sulfide) groups is 1. The smallest absolute Gasteiger partial charge is 0.147 e. The second kappa shape index (κ2) is 8.40. The van der Waals surface area contributed by atoms with Gasteiger partial charge in [-0.3, -0.25) is 4.79 Å². The molecule has 0 radical (unpaired) electrons. The van der Waals surface area contributed by atoms with Crippen molar-refractivity contribution in [2.75, 3.05) is 11.5 Å². The Balaban J connectivity index is 2.12. The van der Waals surface area contributed by atoms with E-state index in [0.717, 1.165) is 11.3 Å². The summed E-state index contributed by atoms with van der Waals surface area (Å²) in [6, 6.07) is 9.97. The molecule has 88 valence electrons. The van der Waals surface area contributed by atoms with Crippen molar-refractivity contribution in [3.05, 3.63) is 35.9 Å². The summed E-state index contributed by atoms with van der Waals surface area (Å²) in [5.41, 5.74) is 1.13. The molecule has 0 unspecified atom stereocenters. The highest BCUT2D eigenvalue weighted by Crippen LogP contribution is 2.08. The van der Waals surface area contributed by atoms with Crippen molar-refractivity contribution in [3.8, 4) is 0 Å². The van der Waals surface area contributed by atoms with Crippen LogP contribution >= 0.6 is 11.8 Å². The summed E-state index contributed by atoms with van der Waals surface area (Å²) in [6.45, 7) is 2.20. The van der Waals surface area contributed by atoms with Crippen molar-refractivity contribution < 1.29 is 4.79 Å². The van der Waals surface area contributed by atoms with E-state index in [1.807, 2.05) is 30.3 Å². The van der Waals surface area contributed by atoms with Crippen molar-refractivity contribution in [2.45, 2.75) is 32.6 Å². The minimum atomic E-state index is 0.340. The lowest BCUT2D eigenvalue weighted by molar-refractivity contribution is -0.116. The molecule has 0 saturated carbocycles. The molecule has 0 aromatic heterocycles. The van der Waals surface area contributed by atoms with E-state index < -0.39 is 0 Å². The van der Waals surface area contributed by atoms with E-state index in [1.165, 1.54) is 19.3 Å². The van der Waals surface area contributed by atoms with Crippen molar-refractivity contribution in [1.82, 2.24) is 0 Å². The van der Waals surface area contributed by atoms with E-state index in [0.29, 0.717) is 18.0 Å². The second-order valence-electron chi connectivity index (χ2n) is 3.96. The normalized spacial score (nSPS) is 10.3. The zero-order valence-corrected chi connectivity index (χ0v) is 10.8. The van der Waals surface area contributed by atoms with Gasteiger partial charge in [0.1, 0.15) is 5.78 Å². The number of Topliss-reactive ketones (excluding diaryl/α,β-unsaturated/α-hetero) is 1. The molecule has 0 amide bonds. The maximum Gasteiger partial charge on any atom is 0.147 e. The molecule has 1 rings (SSSR count). The van der Waals surface area contributed by atoms with Crippen molar-refractivity contribution >= 4 is 17.5 Å². The summed E-state index contributed by atoms with van der Waals surface area (Å²) < 4.78 is 0. The van der Waals surface area contributed by atoms with Crippen LogP contribution in [0, 0.1) is 0 Å². The maximum atomic E-state index is 11.6. The van der Waals surface area contributed by atoms with Gasteiger partial charge in [-0.1, -0.05) is 50.1 Å². The van der Waals surface area contributed by atoms with Crippen molar-refractivity contribution in [3.63, 3.8) is 0 Å². The van der Waals surface area contributed by atoms with Gasteiger partial charge in [0.25, 0.3) is 0 Å². The average Bonchev–Trinajstić information content (AvgIpc) is 2.30. The molecule has 1 aromatic rings. The van der Waals surface area contributed by atoms with E-state index in [4.69, 9.17) is 0 Å². The molecule has 2 heteroatoms. The summed E-state index contributed by atoms with van der Waals surface area (Å²) >= 11 is 1.77. The van der Waals surface area contributed by atoms with Crippen LogP contribution in [-0.2, 0) is 11.2 Å². The van der Waals surface area contributed by atoms with Gasteiger partial charge in [0.05, 0.1) is 5.75 Å². The van der Waals surface area contributed by atoms with E-state index in [9.17, 15) is 4.79 Å². The quantitative estimate of drug-likeness (QED) is 0.640. The van der Waals surface area contributed by atoms with Crippen LogP contribution in [0.3, 0.4) is 0 Å². The third kappa shape index (κ3) is 5.96. The summed E-state index contributed by atoms with van der Waals surface area (Å²) in [6.07, 6.45) is 4.35. The molecule has 0 aliphatic heterocycles. The van der Waals surface area contributed by atoms with Crippen LogP contribution in [-0.4, -0.2) is 17.3 Å². The number of hydrogen-bond acceptors (Lipinski definition) is 2. The largest absolute Gasteiger partial charge is 0.298 e. The number of ketones is 1. The van der Waals surface area contributed by atoms with Crippen LogP contribution in [0.15, 0.2) is 30.3 Å². The summed E-state index contributed by atoms with van der Waals surface area (Å²) in [7, 11) is 0. The molecule has 0 N–H and O–H groups in total. The Kier molecular flexibility index (Phi) is 6.98. The number of benzene rings is 1. The fourth-order valence-corrected chi connectivity index (χ4v) is 2.40. The highest BCUT2D eigenvalue weighted by atomic mass is 32.2. The highest BCUT2D eigenvalue weighted by Gasteiger charge is 2.03. The molecular weight excluding hydrogens is 216 g/mol. The molecule has 0 fully saturated rings. The van der Waals surface area contributed by atoms with Gasteiger partial charge in [-0.2, -0.15) is 11.8 Å². The molecular formula is C14H20OS. The summed E-state index contributed by atoms with van der Waals surface area (Å²) in [4.78, 5) is 11.6. The minimum absolute atomic E-state index is 0.340. The van der Waals surface area contributed by atoms with Crippen LogP contribution in [0.1, 0.15) is 31.7 Å². The molecule has 1 nitrogen and oxygen atoms in total. The van der Waals surface area contributed by atoms with Crippen molar-refractivity contribution in [1.29, 1.82) is 0 Å². The molecule has 0 heterocycles. The molecule has 0 aliphatic carbocycles. The molecule has 0 spiro atoms. The predicted molar refractivity (Wildman–Crippen MR) is 72.0 cm³/mol. The number of carbonyl (C=O) groups is 1. The minimum Gasteiger partial charge on any atom is -0.298 e. The van der Waals surface area contributed by atoms with Crippen molar-refractivity contribution in [2.24, 2.45) is 0 Å². The summed E-state index contributed by atoms with van der Waals surface area (Å²) in [5.74, 6) is 2.13. The Morgan fingerprint density at radius 3 is 2.62 bits per heavy atom. The van der Waals surface area contributed by atoms with E-state index >= 15 is 0 Å². The molecule has 1 aromatic carbocycles. The van der Waals surface area contributed by atoms with Crippen LogP contribution in [0.4, 0.5) is 0 Å². The topological polar surface area (TPSA) is 17.1 Å². The van der Waals surface area contributed by atoms with Gasteiger partial charge in [-0.05, 0) is 17.7 Å². The standard InChI is InChI=1S/C14H20OS/c1-2-3-7-10-16-12-14(15)11-13-8-5-4-6-9-13/h4-6,8-9H,2-3,7,10-12H2,1H3. The van der Waals surface area contributed by atoms with E-state index in [1.54, 1.807) is 11.8 Å². The first-order valence-corrected chi connectivity index (χ1v) is 7.11. The number of rotatable bonds is 8. The van der Waals surface area contributed by atoms with Gasteiger partial charge < -0.3 is 0 Å². The number of hydrogen-bond donors (Lipinski definition) is 0. The summed E-state index contributed by atoms with van der Waals surface area (Å²) in [5, 5.41) is 0. The van der Waals surface area contributed by atoms with Gasteiger partial charge in [0.15, 0.2) is 0 Å². The highest BCUT2D eigenvalue weighted by molar-refractivity contribution is 7.99. The van der Waals surface area contributed by atoms with Gasteiger partial charge >= 0.3 is 0 Å².